The van der Waals surface area contributed by atoms with E-state index in [4.69, 9.17) is 8.94 Å². The summed E-state index contributed by atoms with van der Waals surface area (Å²) in [5, 5.41) is 6.75. The van der Waals surface area contributed by atoms with E-state index in [1.54, 1.807) is 31.9 Å². The molecule has 0 bridgehead atoms. The second-order valence-corrected chi connectivity index (χ2v) is 6.94. The Bertz CT molecular complexity index is 810. The Kier molecular flexibility index (Phi) is 5.11. The molecule has 8 nitrogen and oxygen atoms in total. The Morgan fingerprint density at radius 3 is 2.69 bits per heavy atom. The summed E-state index contributed by atoms with van der Waals surface area (Å²) in [6, 6.07) is 1.73. The highest BCUT2D eigenvalue weighted by Gasteiger charge is 2.33. The number of nitrogens with zero attached hydrogens (tertiary/aromatic N) is 3. The van der Waals surface area contributed by atoms with E-state index in [2.05, 4.69) is 15.5 Å². The molecule has 1 N–H and O–H groups in total. The quantitative estimate of drug-likeness (QED) is 0.876. The number of furan rings is 1. The van der Waals surface area contributed by atoms with Crippen LogP contribution in [0.4, 0.5) is 0 Å². The minimum absolute atomic E-state index is 0.00916. The van der Waals surface area contributed by atoms with Gasteiger partial charge in [0.1, 0.15) is 11.5 Å². The van der Waals surface area contributed by atoms with Gasteiger partial charge in [-0.2, -0.15) is 4.98 Å². The van der Waals surface area contributed by atoms with Crippen LogP contribution in [-0.2, 0) is 11.3 Å². The van der Waals surface area contributed by atoms with Crippen LogP contribution in [0.1, 0.15) is 52.9 Å². The molecule has 26 heavy (non-hydrogen) atoms. The first-order chi connectivity index (χ1) is 12.3. The van der Waals surface area contributed by atoms with Crippen LogP contribution in [-0.4, -0.2) is 39.9 Å². The maximum atomic E-state index is 12.6. The molecule has 0 saturated heterocycles. The lowest BCUT2D eigenvalue weighted by Crippen LogP contribution is -2.35. The molecule has 0 spiro atoms. The van der Waals surface area contributed by atoms with Crippen LogP contribution in [0.3, 0.4) is 0 Å². The normalized spacial score (nSPS) is 19.5. The number of hydrogen-bond acceptors (Lipinski definition) is 6. The zero-order valence-corrected chi connectivity index (χ0v) is 15.5. The monoisotopic (exact) mass is 360 g/mol. The summed E-state index contributed by atoms with van der Waals surface area (Å²) in [5.41, 5.74) is 0.557. The topological polar surface area (TPSA) is 101 Å². The highest BCUT2D eigenvalue weighted by Crippen LogP contribution is 2.28. The van der Waals surface area contributed by atoms with Gasteiger partial charge in [0.05, 0.1) is 12.1 Å². The van der Waals surface area contributed by atoms with Crippen LogP contribution in [0.5, 0.6) is 0 Å². The Balaban J connectivity index is 1.53. The molecule has 2 heterocycles. The van der Waals surface area contributed by atoms with E-state index in [1.807, 2.05) is 6.92 Å². The van der Waals surface area contributed by atoms with Crippen LogP contribution in [0.15, 0.2) is 15.0 Å². The number of nitrogens with one attached hydrogen (secondary N) is 1. The second-order valence-electron chi connectivity index (χ2n) is 6.94. The third kappa shape index (κ3) is 3.95. The third-order valence-electron chi connectivity index (χ3n) is 4.72. The smallest absolute Gasteiger partial charge is 0.255 e. The summed E-state index contributed by atoms with van der Waals surface area (Å²) in [6.07, 6.45) is 2.17. The van der Waals surface area contributed by atoms with E-state index < -0.39 is 0 Å². The molecule has 0 unspecified atom stereocenters. The summed E-state index contributed by atoms with van der Waals surface area (Å²) < 4.78 is 10.5. The largest absolute Gasteiger partial charge is 0.466 e. The van der Waals surface area contributed by atoms with Gasteiger partial charge in [0.15, 0.2) is 5.82 Å². The Morgan fingerprint density at radius 1 is 1.31 bits per heavy atom. The van der Waals surface area contributed by atoms with Crippen molar-refractivity contribution in [1.82, 2.24) is 20.4 Å². The van der Waals surface area contributed by atoms with Gasteiger partial charge in [0.25, 0.3) is 5.91 Å². The molecule has 2 amide bonds. The summed E-state index contributed by atoms with van der Waals surface area (Å²) in [4.78, 5) is 30.7. The van der Waals surface area contributed by atoms with E-state index in [1.165, 1.54) is 0 Å². The molecule has 3 rings (SSSR count). The van der Waals surface area contributed by atoms with E-state index >= 15 is 0 Å². The summed E-state index contributed by atoms with van der Waals surface area (Å²) in [6.45, 7) is 5.62. The molecule has 2 atom stereocenters. The Morgan fingerprint density at radius 2 is 2.08 bits per heavy atom. The molecule has 2 aromatic heterocycles. The maximum absolute atomic E-state index is 12.6. The van der Waals surface area contributed by atoms with E-state index in [9.17, 15) is 9.59 Å². The first-order valence-corrected chi connectivity index (χ1v) is 8.75. The molecule has 1 aliphatic carbocycles. The van der Waals surface area contributed by atoms with Crippen LogP contribution in [0.25, 0.3) is 0 Å². The SMILES string of the molecule is Cc1noc(CN(C)C(=O)[C@H]2CC[C@@H](NC(=O)c3cc(C)oc3C)C2)n1. The van der Waals surface area contributed by atoms with Gasteiger partial charge >= 0.3 is 0 Å². The average Bonchev–Trinajstić information content (AvgIpc) is 3.28. The third-order valence-corrected chi connectivity index (χ3v) is 4.72. The van der Waals surface area contributed by atoms with Crippen LogP contribution < -0.4 is 5.32 Å². The molecular formula is C18H24N4O4. The Labute approximate surface area is 151 Å². The highest BCUT2D eigenvalue weighted by atomic mass is 16.5. The number of hydrogen-bond donors (Lipinski definition) is 1. The van der Waals surface area contributed by atoms with E-state index in [0.29, 0.717) is 41.8 Å². The van der Waals surface area contributed by atoms with Gasteiger partial charge < -0.3 is 19.2 Å². The first kappa shape index (κ1) is 18.2. The van der Waals surface area contributed by atoms with Crippen molar-refractivity contribution in [2.75, 3.05) is 7.05 Å². The zero-order valence-electron chi connectivity index (χ0n) is 15.5. The van der Waals surface area contributed by atoms with E-state index in [0.717, 1.165) is 12.8 Å². The van der Waals surface area contributed by atoms with E-state index in [-0.39, 0.29) is 23.8 Å². The van der Waals surface area contributed by atoms with Crippen molar-refractivity contribution in [3.63, 3.8) is 0 Å². The van der Waals surface area contributed by atoms with Gasteiger partial charge in [0, 0.05) is 19.0 Å². The molecule has 0 aliphatic heterocycles. The predicted molar refractivity (Wildman–Crippen MR) is 92.3 cm³/mol. The molecule has 1 saturated carbocycles. The summed E-state index contributed by atoms with van der Waals surface area (Å²) in [5.74, 6) is 2.08. The fraction of sp³-hybridized carbons (Fsp3) is 0.556. The van der Waals surface area contributed by atoms with Crippen LogP contribution in [0, 0.1) is 26.7 Å². The maximum Gasteiger partial charge on any atom is 0.255 e. The van der Waals surface area contributed by atoms with Gasteiger partial charge in [-0.1, -0.05) is 5.16 Å². The Hall–Kier alpha value is -2.64. The average molecular weight is 360 g/mol. The van der Waals surface area contributed by atoms with Crippen molar-refractivity contribution in [2.45, 2.75) is 52.6 Å². The van der Waals surface area contributed by atoms with Crippen molar-refractivity contribution in [3.05, 3.63) is 34.9 Å². The summed E-state index contributed by atoms with van der Waals surface area (Å²) >= 11 is 0. The standard InChI is InChI=1S/C18H24N4O4/c1-10-7-15(11(2)25-10)17(23)20-14-6-5-13(8-14)18(24)22(4)9-16-19-12(3)21-26-16/h7,13-14H,5-6,8-9H2,1-4H3,(H,20,23)/t13-,14+/m0/s1. The molecule has 1 aliphatic rings. The fourth-order valence-corrected chi connectivity index (χ4v) is 3.45. The lowest BCUT2D eigenvalue weighted by Gasteiger charge is -2.19. The summed E-state index contributed by atoms with van der Waals surface area (Å²) in [7, 11) is 1.73. The number of amides is 2. The fourth-order valence-electron chi connectivity index (χ4n) is 3.45. The lowest BCUT2D eigenvalue weighted by molar-refractivity contribution is -0.134. The van der Waals surface area contributed by atoms with Crippen molar-refractivity contribution < 1.29 is 18.5 Å². The molecule has 8 heteroatoms. The zero-order chi connectivity index (χ0) is 18.8. The molecular weight excluding hydrogens is 336 g/mol. The predicted octanol–water partition coefficient (Wildman–Crippen LogP) is 2.14. The molecule has 140 valence electrons. The number of aromatic nitrogens is 2. The lowest BCUT2D eigenvalue weighted by atomic mass is 10.1. The van der Waals surface area contributed by atoms with Gasteiger partial charge in [-0.3, -0.25) is 9.59 Å². The number of aryl methyl sites for hydroxylation is 3. The van der Waals surface area contributed by atoms with Crippen molar-refractivity contribution in [1.29, 1.82) is 0 Å². The second kappa shape index (κ2) is 7.31. The molecule has 2 aromatic rings. The number of rotatable bonds is 5. The first-order valence-electron chi connectivity index (χ1n) is 8.75. The molecule has 0 radical (unpaired) electrons. The van der Waals surface area contributed by atoms with Gasteiger partial charge in [-0.05, 0) is 46.1 Å². The minimum atomic E-state index is -0.146. The van der Waals surface area contributed by atoms with Crippen LogP contribution >= 0.6 is 0 Å². The van der Waals surface area contributed by atoms with Crippen molar-refractivity contribution >= 4 is 11.8 Å². The molecule has 0 aromatic carbocycles. The molecule has 1 fully saturated rings. The van der Waals surface area contributed by atoms with Crippen molar-refractivity contribution in [3.8, 4) is 0 Å². The minimum Gasteiger partial charge on any atom is -0.466 e. The van der Waals surface area contributed by atoms with Gasteiger partial charge in [-0.15, -0.1) is 0 Å². The number of carbonyl (C=O) groups is 2. The highest BCUT2D eigenvalue weighted by molar-refractivity contribution is 5.95. The van der Waals surface area contributed by atoms with Gasteiger partial charge in [-0.25, -0.2) is 0 Å². The van der Waals surface area contributed by atoms with Crippen LogP contribution in [0.2, 0.25) is 0 Å². The van der Waals surface area contributed by atoms with Gasteiger partial charge in [0.2, 0.25) is 11.8 Å². The van der Waals surface area contributed by atoms with Crippen molar-refractivity contribution in [2.24, 2.45) is 5.92 Å². The number of carbonyl (C=O) groups excluding carboxylic acids is 2.